The van der Waals surface area contributed by atoms with E-state index >= 15 is 0 Å². The number of rotatable bonds is 2. The van der Waals surface area contributed by atoms with Gasteiger partial charge in [0.05, 0.1) is 11.6 Å². The van der Waals surface area contributed by atoms with Gasteiger partial charge in [-0.3, -0.25) is 4.99 Å². The molecule has 2 fully saturated rings. The first-order chi connectivity index (χ1) is 9.37. The van der Waals surface area contributed by atoms with Crippen LogP contribution in [-0.4, -0.2) is 33.2 Å². The number of hydrogen-bond acceptors (Lipinski definition) is 4. The molecule has 108 valence electrons. The van der Waals surface area contributed by atoms with Gasteiger partial charge in [0, 0.05) is 17.8 Å². The molecule has 3 rings (SSSR count). The van der Waals surface area contributed by atoms with Crippen molar-refractivity contribution in [2.24, 2.45) is 16.3 Å². The van der Waals surface area contributed by atoms with Crippen LogP contribution in [0.1, 0.15) is 38.7 Å². The number of fused-ring (bicyclic) bond motifs is 2. The third-order valence-corrected chi connectivity index (χ3v) is 5.52. The minimum Gasteiger partial charge on any atom is -0.508 e. The molecule has 0 aromatic heterocycles. The highest BCUT2D eigenvalue weighted by Crippen LogP contribution is 2.62. The van der Waals surface area contributed by atoms with Gasteiger partial charge in [-0.05, 0) is 42.7 Å². The molecule has 1 aromatic rings. The number of benzene rings is 1. The monoisotopic (exact) mass is 275 g/mol. The first kappa shape index (κ1) is 13.4. The average Bonchev–Trinajstić information content (AvgIpc) is 2.72. The van der Waals surface area contributed by atoms with Crippen molar-refractivity contribution < 1.29 is 15.3 Å². The number of aliphatic imine (C=N–C) groups is 1. The molecule has 0 saturated heterocycles. The lowest BCUT2D eigenvalue weighted by Crippen LogP contribution is -2.44. The minimum absolute atomic E-state index is 0.00462. The van der Waals surface area contributed by atoms with Gasteiger partial charge in [0.15, 0.2) is 0 Å². The molecule has 4 nitrogen and oxygen atoms in total. The number of nitrogens with zero attached hydrogens (tertiary/aromatic N) is 1. The number of aliphatic hydroxyl groups excluding tert-OH is 1. The van der Waals surface area contributed by atoms with Crippen LogP contribution in [0.25, 0.3) is 0 Å². The Morgan fingerprint density at radius 1 is 1.30 bits per heavy atom. The number of aromatic hydroxyl groups is 2. The fourth-order valence-corrected chi connectivity index (χ4v) is 4.05. The summed E-state index contributed by atoms with van der Waals surface area (Å²) < 4.78 is 0. The smallest absolute Gasteiger partial charge is 0.128 e. The fourth-order valence-electron chi connectivity index (χ4n) is 4.05. The maximum atomic E-state index is 10.4. The van der Waals surface area contributed by atoms with Crippen LogP contribution in [-0.2, 0) is 0 Å². The van der Waals surface area contributed by atoms with Crippen molar-refractivity contribution in [2.75, 3.05) is 0 Å². The summed E-state index contributed by atoms with van der Waals surface area (Å²) in [5.74, 6) is 0.549. The van der Waals surface area contributed by atoms with Crippen LogP contribution in [0.4, 0.5) is 0 Å². The van der Waals surface area contributed by atoms with Gasteiger partial charge in [0.25, 0.3) is 0 Å². The van der Waals surface area contributed by atoms with Gasteiger partial charge in [-0.2, -0.15) is 0 Å². The van der Waals surface area contributed by atoms with Crippen LogP contribution in [0.15, 0.2) is 23.2 Å². The van der Waals surface area contributed by atoms with E-state index in [-0.39, 0.29) is 16.9 Å². The summed E-state index contributed by atoms with van der Waals surface area (Å²) in [6, 6.07) is 4.45. The lowest BCUT2D eigenvalue weighted by atomic mass is 9.76. The molecule has 2 saturated carbocycles. The zero-order valence-corrected chi connectivity index (χ0v) is 11.9. The second-order valence-electron chi connectivity index (χ2n) is 6.63. The summed E-state index contributed by atoms with van der Waals surface area (Å²) in [6.07, 6.45) is 4.02. The average molecular weight is 275 g/mol. The van der Waals surface area contributed by atoms with E-state index < -0.39 is 11.6 Å². The van der Waals surface area contributed by atoms with Crippen LogP contribution in [0.3, 0.4) is 0 Å². The van der Waals surface area contributed by atoms with E-state index in [9.17, 15) is 15.3 Å². The van der Waals surface area contributed by atoms with Crippen molar-refractivity contribution >= 4 is 6.21 Å². The van der Waals surface area contributed by atoms with Crippen LogP contribution >= 0.6 is 0 Å². The van der Waals surface area contributed by atoms with Crippen LogP contribution in [0.5, 0.6) is 11.5 Å². The number of hydrogen-bond donors (Lipinski definition) is 3. The fraction of sp³-hybridized carbons (Fsp3) is 0.562. The highest BCUT2D eigenvalue weighted by molar-refractivity contribution is 5.84. The minimum atomic E-state index is -0.442. The Balaban J connectivity index is 1.95. The van der Waals surface area contributed by atoms with Crippen molar-refractivity contribution in [2.45, 2.75) is 44.8 Å². The van der Waals surface area contributed by atoms with Gasteiger partial charge in [-0.1, -0.05) is 13.8 Å². The molecule has 2 bridgehead atoms. The van der Waals surface area contributed by atoms with E-state index in [4.69, 9.17) is 4.99 Å². The Morgan fingerprint density at radius 2 is 2.05 bits per heavy atom. The van der Waals surface area contributed by atoms with Gasteiger partial charge in [0.1, 0.15) is 11.5 Å². The molecule has 2 aliphatic carbocycles. The number of aliphatic hydroxyl groups is 1. The van der Waals surface area contributed by atoms with Crippen molar-refractivity contribution in [1.82, 2.24) is 0 Å². The van der Waals surface area contributed by atoms with E-state index in [1.165, 1.54) is 12.1 Å². The first-order valence-corrected chi connectivity index (χ1v) is 7.12. The second-order valence-corrected chi connectivity index (χ2v) is 6.63. The van der Waals surface area contributed by atoms with E-state index in [1.54, 1.807) is 12.3 Å². The number of phenols is 2. The zero-order valence-electron chi connectivity index (χ0n) is 11.9. The van der Waals surface area contributed by atoms with E-state index in [0.717, 1.165) is 19.3 Å². The van der Waals surface area contributed by atoms with Crippen molar-refractivity contribution in [1.29, 1.82) is 0 Å². The molecule has 3 N–H and O–H groups in total. The predicted molar refractivity (Wildman–Crippen MR) is 77.2 cm³/mol. The molecular formula is C16H21NO3. The third-order valence-electron chi connectivity index (χ3n) is 5.52. The molecule has 0 heterocycles. The van der Waals surface area contributed by atoms with Crippen molar-refractivity contribution in [3.05, 3.63) is 23.8 Å². The molecule has 0 radical (unpaired) electrons. The van der Waals surface area contributed by atoms with E-state index in [1.807, 2.05) is 0 Å². The molecule has 3 atom stereocenters. The summed E-state index contributed by atoms with van der Waals surface area (Å²) in [4.78, 5) is 4.69. The maximum Gasteiger partial charge on any atom is 0.128 e. The van der Waals surface area contributed by atoms with Crippen LogP contribution in [0.2, 0.25) is 0 Å². The Labute approximate surface area is 118 Å². The molecular weight excluding hydrogens is 254 g/mol. The highest BCUT2D eigenvalue weighted by atomic mass is 16.3. The first-order valence-electron chi connectivity index (χ1n) is 7.12. The second kappa shape index (κ2) is 4.22. The summed E-state index contributed by atoms with van der Waals surface area (Å²) in [5.41, 5.74) is 0.104. The van der Waals surface area contributed by atoms with Crippen molar-refractivity contribution in [3.8, 4) is 11.5 Å². The highest BCUT2D eigenvalue weighted by Gasteiger charge is 2.64. The Hall–Kier alpha value is -1.55. The van der Waals surface area contributed by atoms with Crippen LogP contribution in [0, 0.1) is 11.3 Å². The maximum absolute atomic E-state index is 10.4. The number of phenolic OH excluding ortho intramolecular Hbond substituents is 2. The van der Waals surface area contributed by atoms with Gasteiger partial charge in [-0.15, -0.1) is 0 Å². The van der Waals surface area contributed by atoms with Crippen LogP contribution < -0.4 is 0 Å². The predicted octanol–water partition coefficient (Wildman–Crippen LogP) is 2.46. The van der Waals surface area contributed by atoms with Gasteiger partial charge in [-0.25, -0.2) is 0 Å². The molecule has 0 amide bonds. The normalized spacial score (nSPS) is 35.0. The van der Waals surface area contributed by atoms with E-state index in [2.05, 4.69) is 13.8 Å². The summed E-state index contributed by atoms with van der Waals surface area (Å²) in [7, 11) is 0. The molecule has 0 aliphatic heterocycles. The van der Waals surface area contributed by atoms with Crippen molar-refractivity contribution in [3.63, 3.8) is 0 Å². The Morgan fingerprint density at radius 3 is 2.60 bits per heavy atom. The molecule has 4 heteroatoms. The SMILES string of the molecule is CC1(C)[C@@H]2CC[C@@]1(N=Cc1ccc(O)cc1O)[C@H](O)C2. The molecule has 2 aliphatic rings. The molecule has 0 unspecified atom stereocenters. The third kappa shape index (κ3) is 1.67. The quantitative estimate of drug-likeness (QED) is 0.726. The van der Waals surface area contributed by atoms with Gasteiger partial charge in [0.2, 0.25) is 0 Å². The lowest BCUT2D eigenvalue weighted by Gasteiger charge is -2.36. The summed E-state index contributed by atoms with van der Waals surface area (Å²) >= 11 is 0. The van der Waals surface area contributed by atoms with Gasteiger partial charge >= 0.3 is 0 Å². The summed E-state index contributed by atoms with van der Waals surface area (Å²) in [6.45, 7) is 4.35. The molecule has 1 aromatic carbocycles. The lowest BCUT2D eigenvalue weighted by molar-refractivity contribution is 0.0692. The standard InChI is InChI=1S/C16H21NO3/c1-15(2)11-5-6-16(15,14(20)7-11)17-9-10-3-4-12(18)8-13(10)19/h3-4,8-9,11,14,18-20H,5-7H2,1-2H3/t11-,14-,16-/m1/s1. The Kier molecular flexibility index (Phi) is 2.83. The molecule has 20 heavy (non-hydrogen) atoms. The summed E-state index contributed by atoms with van der Waals surface area (Å²) in [5, 5.41) is 29.5. The zero-order chi connectivity index (χ0) is 14.5. The molecule has 0 spiro atoms. The Bertz CT molecular complexity index is 567. The van der Waals surface area contributed by atoms with E-state index in [0.29, 0.717) is 11.5 Å². The topological polar surface area (TPSA) is 73.1 Å². The largest absolute Gasteiger partial charge is 0.508 e. The van der Waals surface area contributed by atoms with Gasteiger partial charge < -0.3 is 15.3 Å².